The van der Waals surface area contributed by atoms with E-state index >= 15 is 0 Å². The number of aromatic nitrogens is 1. The molecular weight excluding hydrogens is 205 g/mol. The molecule has 2 aromatic rings. The van der Waals surface area contributed by atoms with Crippen LogP contribution in [0.2, 0.25) is 0 Å². The fourth-order valence-corrected chi connectivity index (χ4v) is 1.60. The van der Waals surface area contributed by atoms with Crippen molar-refractivity contribution in [2.24, 2.45) is 0 Å². The minimum Gasteiger partial charge on any atom is -0.481 e. The van der Waals surface area contributed by atoms with Gasteiger partial charge < -0.3 is 4.74 Å². The molecule has 2 rings (SSSR count). The molecule has 0 saturated carbocycles. The summed E-state index contributed by atoms with van der Waals surface area (Å²) in [6.07, 6.45) is 1.68. The topological polar surface area (TPSA) is 22.1 Å². The summed E-state index contributed by atoms with van der Waals surface area (Å²) < 4.78 is 18.1. The molecule has 0 fully saturated rings. The lowest BCUT2D eigenvalue weighted by atomic mass is 10.1. The molecule has 82 valence electrons. The Morgan fingerprint density at radius 3 is 2.62 bits per heavy atom. The van der Waals surface area contributed by atoms with Gasteiger partial charge >= 0.3 is 0 Å². The van der Waals surface area contributed by atoms with Crippen LogP contribution in [0, 0.1) is 12.7 Å². The average molecular weight is 217 g/mol. The molecule has 0 aliphatic carbocycles. The van der Waals surface area contributed by atoms with Crippen LogP contribution in [-0.4, -0.2) is 12.1 Å². The molecule has 1 aromatic heterocycles. The Hall–Kier alpha value is -1.90. The van der Waals surface area contributed by atoms with Crippen molar-refractivity contribution in [3.8, 4) is 17.0 Å². The number of aryl methyl sites for hydroxylation is 1. The molecular formula is C13H12FNO. The van der Waals surface area contributed by atoms with Crippen molar-refractivity contribution < 1.29 is 9.13 Å². The summed E-state index contributed by atoms with van der Waals surface area (Å²) in [7, 11) is 1.58. The lowest BCUT2D eigenvalue weighted by Crippen LogP contribution is -1.91. The van der Waals surface area contributed by atoms with E-state index in [1.54, 1.807) is 19.4 Å². The van der Waals surface area contributed by atoms with Gasteiger partial charge in [-0.25, -0.2) is 9.37 Å². The first-order valence-corrected chi connectivity index (χ1v) is 4.97. The zero-order valence-corrected chi connectivity index (χ0v) is 9.20. The highest BCUT2D eigenvalue weighted by molar-refractivity contribution is 5.63. The van der Waals surface area contributed by atoms with E-state index in [2.05, 4.69) is 4.98 Å². The van der Waals surface area contributed by atoms with Gasteiger partial charge in [0, 0.05) is 17.3 Å². The van der Waals surface area contributed by atoms with Gasteiger partial charge in [-0.3, -0.25) is 0 Å². The van der Waals surface area contributed by atoms with E-state index in [1.165, 1.54) is 12.1 Å². The zero-order chi connectivity index (χ0) is 11.5. The predicted octanol–water partition coefficient (Wildman–Crippen LogP) is 3.20. The van der Waals surface area contributed by atoms with Gasteiger partial charge in [-0.1, -0.05) is 12.1 Å². The molecule has 0 spiro atoms. The van der Waals surface area contributed by atoms with Crippen molar-refractivity contribution in [3.05, 3.63) is 47.9 Å². The Balaban J connectivity index is 2.45. The maximum absolute atomic E-state index is 13.1. The molecule has 1 heterocycles. The number of halogens is 1. The summed E-state index contributed by atoms with van der Waals surface area (Å²) in [6.45, 7) is 1.91. The molecule has 1 aromatic carbocycles. The van der Waals surface area contributed by atoms with Gasteiger partial charge in [-0.2, -0.15) is 0 Å². The van der Waals surface area contributed by atoms with E-state index in [0.717, 1.165) is 16.7 Å². The highest BCUT2D eigenvalue weighted by Crippen LogP contribution is 2.23. The molecule has 0 aliphatic heterocycles. The minimum atomic E-state index is -0.244. The Morgan fingerprint density at radius 2 is 2.00 bits per heavy atom. The first kappa shape index (κ1) is 10.6. The van der Waals surface area contributed by atoms with Crippen LogP contribution in [0.1, 0.15) is 5.56 Å². The van der Waals surface area contributed by atoms with E-state index in [0.29, 0.717) is 5.88 Å². The Labute approximate surface area is 93.7 Å². The van der Waals surface area contributed by atoms with Crippen LogP contribution in [0.25, 0.3) is 11.1 Å². The fraction of sp³-hybridized carbons (Fsp3) is 0.154. The number of pyridine rings is 1. The molecule has 0 radical (unpaired) electrons. The number of hydrogen-bond donors (Lipinski definition) is 0. The van der Waals surface area contributed by atoms with Gasteiger partial charge in [-0.05, 0) is 30.7 Å². The monoisotopic (exact) mass is 217 g/mol. The third-order valence-electron chi connectivity index (χ3n) is 2.38. The molecule has 0 unspecified atom stereocenters. The number of hydrogen-bond acceptors (Lipinski definition) is 2. The van der Waals surface area contributed by atoms with Gasteiger partial charge in [0.25, 0.3) is 0 Å². The van der Waals surface area contributed by atoms with Gasteiger partial charge in [0.05, 0.1) is 7.11 Å². The SMILES string of the molecule is COc1ncc(-c2cccc(F)c2)cc1C. The Morgan fingerprint density at radius 1 is 1.19 bits per heavy atom. The highest BCUT2D eigenvalue weighted by atomic mass is 19.1. The molecule has 0 aliphatic rings. The molecule has 2 nitrogen and oxygen atoms in total. The summed E-state index contributed by atoms with van der Waals surface area (Å²) in [6, 6.07) is 8.38. The Bertz CT molecular complexity index is 511. The Kier molecular flexibility index (Phi) is 2.86. The second kappa shape index (κ2) is 4.31. The fourth-order valence-electron chi connectivity index (χ4n) is 1.60. The second-order valence-electron chi connectivity index (χ2n) is 3.56. The lowest BCUT2D eigenvalue weighted by molar-refractivity contribution is 0.394. The van der Waals surface area contributed by atoms with Crippen molar-refractivity contribution in [3.63, 3.8) is 0 Å². The maximum atomic E-state index is 13.1. The smallest absolute Gasteiger partial charge is 0.215 e. The number of rotatable bonds is 2. The van der Waals surface area contributed by atoms with Crippen molar-refractivity contribution in [1.82, 2.24) is 4.98 Å². The molecule has 3 heteroatoms. The average Bonchev–Trinajstić information content (AvgIpc) is 2.29. The maximum Gasteiger partial charge on any atom is 0.215 e. The van der Waals surface area contributed by atoms with Gasteiger partial charge in [0.2, 0.25) is 5.88 Å². The second-order valence-corrected chi connectivity index (χ2v) is 3.56. The highest BCUT2D eigenvalue weighted by Gasteiger charge is 2.04. The van der Waals surface area contributed by atoms with Gasteiger partial charge in [0.1, 0.15) is 5.82 Å². The predicted molar refractivity (Wildman–Crippen MR) is 60.9 cm³/mol. The number of nitrogens with zero attached hydrogens (tertiary/aromatic N) is 1. The normalized spacial score (nSPS) is 10.2. The molecule has 0 amide bonds. The summed E-state index contributed by atoms with van der Waals surface area (Å²) in [5.74, 6) is 0.353. The van der Waals surface area contributed by atoms with Crippen molar-refractivity contribution in [2.45, 2.75) is 6.92 Å². The first-order valence-electron chi connectivity index (χ1n) is 4.97. The molecule has 0 N–H and O–H groups in total. The third-order valence-corrected chi connectivity index (χ3v) is 2.38. The summed E-state index contributed by atoms with van der Waals surface area (Å²) in [5.41, 5.74) is 2.64. The van der Waals surface area contributed by atoms with Crippen molar-refractivity contribution >= 4 is 0 Å². The van der Waals surface area contributed by atoms with Crippen LogP contribution in [0.15, 0.2) is 36.5 Å². The van der Waals surface area contributed by atoms with Gasteiger partial charge in [-0.15, -0.1) is 0 Å². The van der Waals surface area contributed by atoms with E-state index < -0.39 is 0 Å². The molecule has 16 heavy (non-hydrogen) atoms. The van der Waals surface area contributed by atoms with Crippen LogP contribution >= 0.6 is 0 Å². The van der Waals surface area contributed by atoms with E-state index in [-0.39, 0.29) is 5.82 Å². The van der Waals surface area contributed by atoms with E-state index in [4.69, 9.17) is 4.74 Å². The number of benzene rings is 1. The van der Waals surface area contributed by atoms with Crippen LogP contribution in [0.5, 0.6) is 5.88 Å². The standard InChI is InChI=1S/C13H12FNO/c1-9-6-11(8-15-13(9)16-2)10-4-3-5-12(14)7-10/h3-8H,1-2H3. The van der Waals surface area contributed by atoms with Gasteiger partial charge in [0.15, 0.2) is 0 Å². The number of methoxy groups -OCH3 is 1. The minimum absolute atomic E-state index is 0.244. The van der Waals surface area contributed by atoms with Crippen molar-refractivity contribution in [2.75, 3.05) is 7.11 Å². The van der Waals surface area contributed by atoms with Crippen LogP contribution < -0.4 is 4.74 Å². The number of ether oxygens (including phenoxy) is 1. The quantitative estimate of drug-likeness (QED) is 0.770. The largest absolute Gasteiger partial charge is 0.481 e. The van der Waals surface area contributed by atoms with E-state index in [1.807, 2.05) is 19.1 Å². The third kappa shape index (κ3) is 2.03. The van der Waals surface area contributed by atoms with Crippen molar-refractivity contribution in [1.29, 1.82) is 0 Å². The summed E-state index contributed by atoms with van der Waals surface area (Å²) in [5, 5.41) is 0. The zero-order valence-electron chi connectivity index (χ0n) is 9.20. The summed E-state index contributed by atoms with van der Waals surface area (Å²) in [4.78, 5) is 4.16. The molecule has 0 atom stereocenters. The first-order chi connectivity index (χ1) is 7.70. The molecule has 0 bridgehead atoms. The molecule has 0 saturated heterocycles. The van der Waals surface area contributed by atoms with Crippen LogP contribution in [0.4, 0.5) is 4.39 Å². The van der Waals surface area contributed by atoms with Crippen LogP contribution in [0.3, 0.4) is 0 Å². The van der Waals surface area contributed by atoms with E-state index in [9.17, 15) is 4.39 Å². The van der Waals surface area contributed by atoms with Crippen LogP contribution in [-0.2, 0) is 0 Å². The lowest BCUT2D eigenvalue weighted by Gasteiger charge is -2.06. The summed E-state index contributed by atoms with van der Waals surface area (Å²) >= 11 is 0.